The van der Waals surface area contributed by atoms with Crippen molar-refractivity contribution in [3.05, 3.63) is 77.1 Å². The summed E-state index contributed by atoms with van der Waals surface area (Å²) in [5, 5.41) is 16.3. The van der Waals surface area contributed by atoms with Crippen molar-refractivity contribution in [3.8, 4) is 0 Å². The predicted molar refractivity (Wildman–Crippen MR) is 106 cm³/mol. The quantitative estimate of drug-likeness (QED) is 0.649. The van der Waals surface area contributed by atoms with Gasteiger partial charge in [0.05, 0.1) is 12.3 Å². The number of likely N-dealkylation sites (N-methyl/N-ethyl adjacent to an activating group) is 1. The molecular formula is C20H23ClN2O5. The molecule has 150 valence electrons. The molecule has 0 saturated carbocycles. The number of rotatable bonds is 8. The van der Waals surface area contributed by atoms with Gasteiger partial charge in [0.1, 0.15) is 6.10 Å². The van der Waals surface area contributed by atoms with Crippen LogP contribution in [0.25, 0.3) is 0 Å². The summed E-state index contributed by atoms with van der Waals surface area (Å²) in [5.41, 5.74) is 1.97. The minimum absolute atomic E-state index is 0.159. The molecule has 0 radical (unpaired) electrons. The smallest absolute Gasteiger partial charge is 0.328 e. The zero-order chi connectivity index (χ0) is 20.9. The van der Waals surface area contributed by atoms with Crippen LogP contribution in [-0.2, 0) is 14.3 Å². The number of aliphatic carboxylic acids is 2. The van der Waals surface area contributed by atoms with E-state index in [2.05, 4.69) is 9.88 Å². The molecular weight excluding hydrogens is 384 g/mol. The average molecular weight is 407 g/mol. The molecule has 0 bridgehead atoms. The normalized spacial score (nSPS) is 11.7. The summed E-state index contributed by atoms with van der Waals surface area (Å²) in [6.07, 6.45) is 2.74. The van der Waals surface area contributed by atoms with E-state index >= 15 is 0 Å². The molecule has 1 unspecified atom stereocenters. The van der Waals surface area contributed by atoms with Crippen molar-refractivity contribution in [1.29, 1.82) is 0 Å². The molecule has 2 N–H and O–H groups in total. The van der Waals surface area contributed by atoms with Gasteiger partial charge in [-0.05, 0) is 43.9 Å². The van der Waals surface area contributed by atoms with Gasteiger partial charge in [0.25, 0.3) is 0 Å². The minimum Gasteiger partial charge on any atom is -0.478 e. The van der Waals surface area contributed by atoms with Gasteiger partial charge < -0.3 is 19.8 Å². The summed E-state index contributed by atoms with van der Waals surface area (Å²) in [5.74, 6) is -2.51. The van der Waals surface area contributed by atoms with Gasteiger partial charge in [-0.1, -0.05) is 29.8 Å². The Labute approximate surface area is 168 Å². The second kappa shape index (κ2) is 12.6. The third-order valence-corrected chi connectivity index (χ3v) is 3.57. The highest BCUT2D eigenvalue weighted by molar-refractivity contribution is 6.30. The van der Waals surface area contributed by atoms with E-state index in [9.17, 15) is 9.59 Å². The molecule has 1 aromatic heterocycles. The number of carboxylic acids is 2. The number of halogens is 1. The molecule has 0 amide bonds. The standard InChI is InChI=1S/C16H19ClN2O.C4H4O4/c1-19(2)11-12-20-16(15-5-3-4-10-18-15)13-6-8-14(17)9-7-13;5-3(6)1-2-4(7)8/h3-10,16H,11-12H2,1-2H3;1-2H,(H,5,6)(H,7,8)/b;2-1-. The van der Waals surface area contributed by atoms with Crippen molar-refractivity contribution >= 4 is 23.5 Å². The molecule has 0 aliphatic carbocycles. The van der Waals surface area contributed by atoms with Crippen LogP contribution in [0.4, 0.5) is 0 Å². The third kappa shape index (κ3) is 9.82. The summed E-state index contributed by atoms with van der Waals surface area (Å²) >= 11 is 5.95. The van der Waals surface area contributed by atoms with Gasteiger partial charge in [-0.25, -0.2) is 9.59 Å². The Morgan fingerprint density at radius 1 is 1.11 bits per heavy atom. The number of hydrogen-bond acceptors (Lipinski definition) is 5. The maximum Gasteiger partial charge on any atom is 0.328 e. The van der Waals surface area contributed by atoms with Crippen LogP contribution >= 0.6 is 11.6 Å². The van der Waals surface area contributed by atoms with Crippen LogP contribution in [0.1, 0.15) is 17.4 Å². The van der Waals surface area contributed by atoms with Crippen LogP contribution in [-0.4, -0.2) is 59.3 Å². The van der Waals surface area contributed by atoms with Crippen LogP contribution in [0.5, 0.6) is 0 Å². The van der Waals surface area contributed by atoms with Gasteiger partial charge in [-0.3, -0.25) is 4.98 Å². The summed E-state index contributed by atoms with van der Waals surface area (Å²) in [7, 11) is 4.06. The highest BCUT2D eigenvalue weighted by Gasteiger charge is 2.15. The Kier molecular flexibility index (Phi) is 10.5. The summed E-state index contributed by atoms with van der Waals surface area (Å²) in [6, 6.07) is 13.6. The van der Waals surface area contributed by atoms with E-state index in [1.54, 1.807) is 6.20 Å². The minimum atomic E-state index is -1.26. The molecule has 2 aromatic rings. The zero-order valence-electron chi connectivity index (χ0n) is 15.7. The van der Waals surface area contributed by atoms with Crippen LogP contribution in [0.2, 0.25) is 5.02 Å². The fourth-order valence-electron chi connectivity index (χ4n) is 2.02. The molecule has 28 heavy (non-hydrogen) atoms. The monoisotopic (exact) mass is 406 g/mol. The predicted octanol–water partition coefficient (Wildman–Crippen LogP) is 3.11. The van der Waals surface area contributed by atoms with Crippen molar-refractivity contribution in [3.63, 3.8) is 0 Å². The first-order valence-corrected chi connectivity index (χ1v) is 8.74. The van der Waals surface area contributed by atoms with Crippen LogP contribution < -0.4 is 0 Å². The lowest BCUT2D eigenvalue weighted by atomic mass is 10.1. The lowest BCUT2D eigenvalue weighted by molar-refractivity contribution is -0.134. The molecule has 8 heteroatoms. The molecule has 1 atom stereocenters. The second-order valence-corrected chi connectivity index (χ2v) is 6.31. The number of benzene rings is 1. The van der Waals surface area contributed by atoms with E-state index in [-0.39, 0.29) is 6.10 Å². The van der Waals surface area contributed by atoms with E-state index < -0.39 is 11.9 Å². The van der Waals surface area contributed by atoms with Crippen molar-refractivity contribution in [2.75, 3.05) is 27.2 Å². The van der Waals surface area contributed by atoms with Crippen LogP contribution in [0, 0.1) is 0 Å². The van der Waals surface area contributed by atoms with E-state index in [1.165, 1.54) is 0 Å². The Balaban J connectivity index is 0.000000416. The first-order valence-electron chi connectivity index (χ1n) is 8.36. The van der Waals surface area contributed by atoms with Gasteiger partial charge in [0.15, 0.2) is 0 Å². The van der Waals surface area contributed by atoms with Gasteiger partial charge in [-0.2, -0.15) is 0 Å². The highest BCUT2D eigenvalue weighted by Crippen LogP contribution is 2.25. The Morgan fingerprint density at radius 3 is 2.18 bits per heavy atom. The van der Waals surface area contributed by atoms with Crippen molar-refractivity contribution in [2.45, 2.75) is 6.10 Å². The molecule has 2 rings (SSSR count). The second-order valence-electron chi connectivity index (χ2n) is 5.87. The molecule has 0 aliphatic heterocycles. The van der Waals surface area contributed by atoms with Crippen molar-refractivity contribution in [2.24, 2.45) is 0 Å². The fourth-order valence-corrected chi connectivity index (χ4v) is 2.14. The highest BCUT2D eigenvalue weighted by atomic mass is 35.5. The average Bonchev–Trinajstić information content (AvgIpc) is 2.65. The summed E-state index contributed by atoms with van der Waals surface area (Å²) in [6.45, 7) is 1.52. The maximum atomic E-state index is 9.55. The van der Waals surface area contributed by atoms with Gasteiger partial charge in [-0.15, -0.1) is 0 Å². The fraction of sp³-hybridized carbons (Fsp3) is 0.250. The molecule has 0 saturated heterocycles. The molecule has 0 spiro atoms. The van der Waals surface area contributed by atoms with E-state index in [4.69, 9.17) is 26.6 Å². The van der Waals surface area contributed by atoms with Crippen molar-refractivity contribution < 1.29 is 24.5 Å². The number of ether oxygens (including phenoxy) is 1. The number of aromatic nitrogens is 1. The molecule has 1 heterocycles. The SMILES string of the molecule is CN(C)CCOC(c1ccc(Cl)cc1)c1ccccn1.O=C(O)/C=C\C(=O)O. The lowest BCUT2D eigenvalue weighted by Crippen LogP contribution is -2.20. The molecule has 1 aromatic carbocycles. The van der Waals surface area contributed by atoms with Gasteiger partial charge in [0, 0.05) is 29.9 Å². The Morgan fingerprint density at radius 2 is 1.71 bits per heavy atom. The number of hydrogen-bond donors (Lipinski definition) is 2. The van der Waals surface area contributed by atoms with Crippen molar-refractivity contribution in [1.82, 2.24) is 9.88 Å². The van der Waals surface area contributed by atoms with E-state index in [1.807, 2.05) is 56.6 Å². The molecule has 0 fully saturated rings. The van der Waals surface area contributed by atoms with E-state index in [0.717, 1.165) is 22.8 Å². The summed E-state index contributed by atoms with van der Waals surface area (Å²) < 4.78 is 6.02. The Bertz CT molecular complexity index is 748. The molecule has 0 aliphatic rings. The summed E-state index contributed by atoms with van der Waals surface area (Å²) in [4.78, 5) is 25.6. The van der Waals surface area contributed by atoms with Gasteiger partial charge in [0.2, 0.25) is 0 Å². The van der Waals surface area contributed by atoms with Crippen LogP contribution in [0.15, 0.2) is 60.8 Å². The number of carbonyl (C=O) groups is 2. The molecule has 7 nitrogen and oxygen atoms in total. The zero-order valence-corrected chi connectivity index (χ0v) is 16.4. The number of pyridine rings is 1. The topological polar surface area (TPSA) is 100.0 Å². The van der Waals surface area contributed by atoms with Gasteiger partial charge >= 0.3 is 11.9 Å². The van der Waals surface area contributed by atoms with E-state index in [0.29, 0.717) is 18.8 Å². The third-order valence-electron chi connectivity index (χ3n) is 3.32. The maximum absolute atomic E-state index is 9.55. The lowest BCUT2D eigenvalue weighted by Gasteiger charge is -2.19. The Hall–Kier alpha value is -2.74. The largest absolute Gasteiger partial charge is 0.478 e. The first kappa shape index (κ1) is 23.3. The van der Waals surface area contributed by atoms with Crippen LogP contribution in [0.3, 0.4) is 0 Å². The number of carboxylic acid groups (broad SMARTS) is 2. The first-order chi connectivity index (χ1) is 13.3. The number of nitrogens with zero attached hydrogens (tertiary/aromatic N) is 2.